The molecule has 4 aliphatic carbocycles. The summed E-state index contributed by atoms with van der Waals surface area (Å²) < 4.78 is 11.9. The molecule has 34 heavy (non-hydrogen) atoms. The summed E-state index contributed by atoms with van der Waals surface area (Å²) in [7, 11) is 0. The fraction of sp³-hybridized carbons (Fsp3) is 0.846. The van der Waals surface area contributed by atoms with Gasteiger partial charge < -0.3 is 29.9 Å². The van der Waals surface area contributed by atoms with Crippen molar-refractivity contribution in [1.29, 1.82) is 0 Å². The molecule has 4 fully saturated rings. The minimum Gasteiger partial charge on any atom is -0.479 e. The zero-order chi connectivity index (χ0) is 24.6. The van der Waals surface area contributed by atoms with Crippen molar-refractivity contribution in [2.24, 2.45) is 28.6 Å². The van der Waals surface area contributed by atoms with Gasteiger partial charge in [-0.1, -0.05) is 19.4 Å². The molecule has 0 radical (unpaired) electrons. The summed E-state index contributed by atoms with van der Waals surface area (Å²) >= 11 is 0. The number of hydrogen-bond donors (Lipinski definition) is 4. The van der Waals surface area contributed by atoms with Crippen LogP contribution >= 0.6 is 0 Å². The molecule has 11 atom stereocenters. The van der Waals surface area contributed by atoms with Crippen LogP contribution in [-0.4, -0.2) is 68.5 Å². The Bertz CT molecular complexity index is 901. The lowest BCUT2D eigenvalue weighted by molar-refractivity contribution is -0.332. The Morgan fingerprint density at radius 2 is 1.68 bits per heavy atom. The standard InChI is InChI=1S/C26H38O8/c1-24-9-6-14(27)12-13(24)4-5-15-16(24)7-10-25(2)17(15)8-11-26(25,3)34-23-20(30)18(28)19(29)21(33-23)22(31)32/h12,15-21,23,28-30H,4-11H2,1-3H3,(H,31,32)/t15-,16+,17+,18+,19+,20-,21+,23-,24+,25+,26+/m1/s1. The molecule has 8 nitrogen and oxygen atoms in total. The predicted octanol–water partition coefficient (Wildman–Crippen LogP) is 2.19. The summed E-state index contributed by atoms with van der Waals surface area (Å²) in [6.07, 6.45) is 1.25. The van der Waals surface area contributed by atoms with Crippen LogP contribution in [0.15, 0.2) is 11.6 Å². The van der Waals surface area contributed by atoms with Crippen LogP contribution in [0.3, 0.4) is 0 Å². The first-order chi connectivity index (χ1) is 15.9. The molecular weight excluding hydrogens is 440 g/mol. The van der Waals surface area contributed by atoms with Gasteiger partial charge in [0.25, 0.3) is 0 Å². The van der Waals surface area contributed by atoms with Gasteiger partial charge >= 0.3 is 5.97 Å². The second-order valence-electron chi connectivity index (χ2n) is 12.0. The molecule has 5 aliphatic rings. The van der Waals surface area contributed by atoms with Crippen LogP contribution in [0.25, 0.3) is 0 Å². The van der Waals surface area contributed by atoms with Gasteiger partial charge in [-0.25, -0.2) is 4.79 Å². The highest BCUT2D eigenvalue weighted by Crippen LogP contribution is 2.68. The second kappa shape index (κ2) is 8.10. The minimum absolute atomic E-state index is 0.0790. The zero-order valence-corrected chi connectivity index (χ0v) is 20.3. The maximum absolute atomic E-state index is 12.1. The third-order valence-electron chi connectivity index (χ3n) is 10.7. The summed E-state index contributed by atoms with van der Waals surface area (Å²) in [5.41, 5.74) is 0.546. The molecule has 0 amide bonds. The number of aliphatic carboxylic acids is 1. The SMILES string of the molecule is C[C@]12CCC(=O)C=C1CC[C@@H]1[C@@H]2CC[C@@]2(C)[C@H]1CC[C@]2(C)O[C@H]1O[C@H](C(=O)O)[C@@H](O)[C@H](O)[C@H]1O. The Morgan fingerprint density at radius 3 is 2.38 bits per heavy atom. The van der Waals surface area contributed by atoms with Crippen molar-refractivity contribution in [3.63, 3.8) is 0 Å². The van der Waals surface area contributed by atoms with Crippen LogP contribution in [0.2, 0.25) is 0 Å². The fourth-order valence-electron chi connectivity index (χ4n) is 8.38. The Hall–Kier alpha value is -1.32. The second-order valence-corrected chi connectivity index (χ2v) is 12.0. The summed E-state index contributed by atoms with van der Waals surface area (Å²) in [6, 6.07) is 0. The number of rotatable bonds is 3. The number of aliphatic hydroxyl groups is 3. The van der Waals surface area contributed by atoms with E-state index in [0.717, 1.165) is 44.9 Å². The molecule has 1 heterocycles. The number of ketones is 1. The van der Waals surface area contributed by atoms with E-state index in [-0.39, 0.29) is 16.6 Å². The Balaban J connectivity index is 1.38. The van der Waals surface area contributed by atoms with Crippen molar-refractivity contribution >= 4 is 11.8 Å². The number of aliphatic hydroxyl groups excluding tert-OH is 3. The van der Waals surface area contributed by atoms with Gasteiger partial charge in [-0.05, 0) is 86.5 Å². The van der Waals surface area contributed by atoms with E-state index in [1.54, 1.807) is 0 Å². The maximum atomic E-state index is 12.1. The number of carbonyl (C=O) groups is 2. The van der Waals surface area contributed by atoms with Crippen molar-refractivity contribution in [2.45, 2.75) is 108 Å². The van der Waals surface area contributed by atoms with Crippen LogP contribution in [0.1, 0.15) is 72.1 Å². The quantitative estimate of drug-likeness (QED) is 0.485. The van der Waals surface area contributed by atoms with Gasteiger partial charge in [0.05, 0.1) is 5.60 Å². The van der Waals surface area contributed by atoms with E-state index in [4.69, 9.17) is 9.47 Å². The minimum atomic E-state index is -1.73. The summed E-state index contributed by atoms with van der Waals surface area (Å²) in [4.78, 5) is 23.6. The number of hydrogen-bond acceptors (Lipinski definition) is 7. The molecule has 8 heteroatoms. The number of ether oxygens (including phenoxy) is 2. The normalized spacial score (nSPS) is 52.9. The molecule has 5 rings (SSSR count). The molecule has 0 unspecified atom stereocenters. The first kappa shape index (κ1) is 24.4. The molecule has 1 saturated heterocycles. The van der Waals surface area contributed by atoms with Crippen molar-refractivity contribution in [1.82, 2.24) is 0 Å². The molecule has 3 saturated carbocycles. The zero-order valence-electron chi connectivity index (χ0n) is 20.3. The molecule has 4 N–H and O–H groups in total. The van der Waals surface area contributed by atoms with Gasteiger partial charge in [-0.15, -0.1) is 0 Å². The van der Waals surface area contributed by atoms with Crippen molar-refractivity contribution < 1.29 is 39.5 Å². The van der Waals surface area contributed by atoms with E-state index >= 15 is 0 Å². The van der Waals surface area contributed by atoms with Crippen LogP contribution in [0.4, 0.5) is 0 Å². The van der Waals surface area contributed by atoms with Crippen LogP contribution in [0, 0.1) is 28.6 Å². The maximum Gasteiger partial charge on any atom is 0.335 e. The van der Waals surface area contributed by atoms with Gasteiger partial charge in [0, 0.05) is 6.42 Å². The average molecular weight is 479 g/mol. The van der Waals surface area contributed by atoms with E-state index in [1.165, 1.54) is 5.57 Å². The molecular formula is C26H38O8. The van der Waals surface area contributed by atoms with Crippen LogP contribution < -0.4 is 0 Å². The summed E-state index contributed by atoms with van der Waals surface area (Å²) in [6.45, 7) is 6.61. The smallest absolute Gasteiger partial charge is 0.335 e. The van der Waals surface area contributed by atoms with Crippen molar-refractivity contribution in [3.8, 4) is 0 Å². The molecule has 0 bridgehead atoms. The first-order valence-corrected chi connectivity index (χ1v) is 12.8. The number of fused-ring (bicyclic) bond motifs is 5. The van der Waals surface area contributed by atoms with E-state index in [9.17, 15) is 30.0 Å². The first-order valence-electron chi connectivity index (χ1n) is 12.8. The van der Waals surface area contributed by atoms with Gasteiger partial charge in [0.1, 0.15) is 18.3 Å². The molecule has 0 aromatic carbocycles. The monoisotopic (exact) mass is 478 g/mol. The lowest BCUT2D eigenvalue weighted by Gasteiger charge is -2.59. The Labute approximate surface area is 200 Å². The number of carboxylic acid groups (broad SMARTS) is 1. The topological polar surface area (TPSA) is 134 Å². The lowest BCUT2D eigenvalue weighted by Crippen LogP contribution is -2.63. The van der Waals surface area contributed by atoms with Crippen LogP contribution in [-0.2, 0) is 19.1 Å². The molecule has 1 aliphatic heterocycles. The van der Waals surface area contributed by atoms with Gasteiger partial charge in [0.15, 0.2) is 18.2 Å². The van der Waals surface area contributed by atoms with Gasteiger partial charge in [0.2, 0.25) is 0 Å². The summed E-state index contributed by atoms with van der Waals surface area (Å²) in [5, 5.41) is 40.2. The third-order valence-corrected chi connectivity index (χ3v) is 10.7. The third kappa shape index (κ3) is 3.36. The predicted molar refractivity (Wildman–Crippen MR) is 121 cm³/mol. The number of carbonyl (C=O) groups excluding carboxylic acids is 1. The van der Waals surface area contributed by atoms with E-state index in [2.05, 4.69) is 13.8 Å². The molecule has 0 spiro atoms. The molecule has 190 valence electrons. The van der Waals surface area contributed by atoms with Crippen LogP contribution in [0.5, 0.6) is 0 Å². The lowest BCUT2D eigenvalue weighted by atomic mass is 9.46. The molecule has 0 aromatic rings. The van der Waals surface area contributed by atoms with Gasteiger partial charge in [-0.2, -0.15) is 0 Å². The highest BCUT2D eigenvalue weighted by molar-refractivity contribution is 5.91. The highest BCUT2D eigenvalue weighted by Gasteiger charge is 2.64. The molecule has 0 aromatic heterocycles. The average Bonchev–Trinajstić information content (AvgIpc) is 3.05. The largest absolute Gasteiger partial charge is 0.479 e. The van der Waals surface area contributed by atoms with Gasteiger partial charge in [-0.3, -0.25) is 4.79 Å². The number of carboxylic acids is 1. The fourth-order valence-corrected chi connectivity index (χ4v) is 8.38. The number of allylic oxidation sites excluding steroid dienone is 1. The highest BCUT2D eigenvalue weighted by atomic mass is 16.7. The van der Waals surface area contributed by atoms with Crippen molar-refractivity contribution in [3.05, 3.63) is 11.6 Å². The van der Waals surface area contributed by atoms with E-state index in [0.29, 0.717) is 24.2 Å². The Kier molecular flexibility index (Phi) is 5.81. The summed E-state index contributed by atoms with van der Waals surface area (Å²) in [5.74, 6) is 0.325. The van der Waals surface area contributed by atoms with Crippen molar-refractivity contribution in [2.75, 3.05) is 0 Å². The Morgan fingerprint density at radius 1 is 0.971 bits per heavy atom. The van der Waals surface area contributed by atoms with E-state index < -0.39 is 42.3 Å². The van der Waals surface area contributed by atoms with E-state index in [1.807, 2.05) is 13.0 Å².